The van der Waals surface area contributed by atoms with Crippen molar-refractivity contribution in [3.05, 3.63) is 29.8 Å². The lowest BCUT2D eigenvalue weighted by Crippen LogP contribution is -2.18. The van der Waals surface area contributed by atoms with E-state index in [2.05, 4.69) is 32.9 Å². The Morgan fingerprint density at radius 3 is 2.25 bits per heavy atom. The predicted octanol–water partition coefficient (Wildman–Crippen LogP) is 3.00. The Hall–Kier alpha value is -1.02. The largest absolute Gasteiger partial charge is 0.490 e. The van der Waals surface area contributed by atoms with Gasteiger partial charge in [-0.2, -0.15) is 0 Å². The monoisotopic (exact) mass is 221 g/mol. The molecule has 1 rings (SSSR count). The molecule has 2 heteroatoms. The number of ether oxygens (including phenoxy) is 1. The van der Waals surface area contributed by atoms with E-state index in [1.807, 2.05) is 12.1 Å². The van der Waals surface area contributed by atoms with Gasteiger partial charge in [0.05, 0.1) is 6.10 Å². The van der Waals surface area contributed by atoms with Gasteiger partial charge in [0.15, 0.2) is 0 Å². The van der Waals surface area contributed by atoms with E-state index in [-0.39, 0.29) is 6.10 Å². The molecule has 0 aliphatic carbocycles. The summed E-state index contributed by atoms with van der Waals surface area (Å²) in [5, 5.41) is 0. The molecule has 0 aliphatic rings. The molecule has 0 aromatic heterocycles. The lowest BCUT2D eigenvalue weighted by molar-refractivity contribution is 0.170. The molecule has 0 radical (unpaired) electrons. The van der Waals surface area contributed by atoms with Gasteiger partial charge in [0.25, 0.3) is 0 Å². The van der Waals surface area contributed by atoms with Gasteiger partial charge in [0, 0.05) is 0 Å². The number of benzene rings is 1. The maximum absolute atomic E-state index is 5.81. The second kappa shape index (κ2) is 6.54. The van der Waals surface area contributed by atoms with Gasteiger partial charge in [0.1, 0.15) is 5.75 Å². The van der Waals surface area contributed by atoms with Crippen molar-refractivity contribution in [3.8, 4) is 5.75 Å². The van der Waals surface area contributed by atoms with Gasteiger partial charge in [-0.15, -0.1) is 0 Å². The average molecular weight is 221 g/mol. The highest BCUT2D eigenvalue weighted by Gasteiger charge is 2.08. The van der Waals surface area contributed by atoms with Gasteiger partial charge in [-0.25, -0.2) is 0 Å². The van der Waals surface area contributed by atoms with Crippen LogP contribution >= 0.6 is 0 Å². The highest BCUT2D eigenvalue weighted by molar-refractivity contribution is 5.27. The molecule has 0 bridgehead atoms. The zero-order valence-corrected chi connectivity index (χ0v) is 10.6. The molecule has 0 amide bonds. The van der Waals surface area contributed by atoms with Gasteiger partial charge >= 0.3 is 0 Å². The number of aryl methyl sites for hydroxylation is 1. The zero-order valence-electron chi connectivity index (χ0n) is 10.6. The zero-order chi connectivity index (χ0) is 12.0. The van der Waals surface area contributed by atoms with E-state index in [0.717, 1.165) is 25.1 Å². The molecule has 2 N–H and O–H groups in total. The highest BCUT2D eigenvalue weighted by atomic mass is 16.5. The van der Waals surface area contributed by atoms with E-state index in [4.69, 9.17) is 10.5 Å². The van der Waals surface area contributed by atoms with Gasteiger partial charge in [-0.3, -0.25) is 0 Å². The third-order valence-electron chi connectivity index (χ3n) is 2.85. The molecule has 0 saturated heterocycles. The van der Waals surface area contributed by atoms with Crippen LogP contribution in [-0.4, -0.2) is 12.6 Å². The van der Waals surface area contributed by atoms with E-state index in [1.165, 1.54) is 5.56 Å². The van der Waals surface area contributed by atoms with Crippen molar-refractivity contribution in [1.82, 2.24) is 0 Å². The van der Waals surface area contributed by atoms with Crippen LogP contribution < -0.4 is 10.5 Å². The SMILES string of the molecule is CC(C)C(C)Oc1ccc(CCCN)cc1. The molecule has 1 aromatic rings. The molecule has 1 aromatic carbocycles. The quantitative estimate of drug-likeness (QED) is 0.801. The van der Waals surface area contributed by atoms with E-state index < -0.39 is 0 Å². The van der Waals surface area contributed by atoms with Crippen LogP contribution in [0.5, 0.6) is 5.75 Å². The van der Waals surface area contributed by atoms with Crippen LogP contribution in [-0.2, 0) is 6.42 Å². The predicted molar refractivity (Wildman–Crippen MR) is 68.7 cm³/mol. The van der Waals surface area contributed by atoms with Crippen molar-refractivity contribution < 1.29 is 4.74 Å². The minimum absolute atomic E-state index is 0.259. The first kappa shape index (κ1) is 13.0. The fraction of sp³-hybridized carbons (Fsp3) is 0.571. The maximum Gasteiger partial charge on any atom is 0.119 e. The van der Waals surface area contributed by atoms with Gasteiger partial charge in [-0.1, -0.05) is 26.0 Å². The van der Waals surface area contributed by atoms with Crippen LogP contribution in [0.2, 0.25) is 0 Å². The van der Waals surface area contributed by atoms with Gasteiger partial charge < -0.3 is 10.5 Å². The molecular formula is C14H23NO. The van der Waals surface area contributed by atoms with Crippen molar-refractivity contribution >= 4 is 0 Å². The van der Waals surface area contributed by atoms with E-state index >= 15 is 0 Å². The number of hydrogen-bond donors (Lipinski definition) is 1. The normalized spacial score (nSPS) is 12.8. The Morgan fingerprint density at radius 2 is 1.75 bits per heavy atom. The molecule has 1 atom stereocenters. The Kier molecular flexibility index (Phi) is 5.33. The first-order chi connectivity index (χ1) is 7.63. The van der Waals surface area contributed by atoms with Crippen molar-refractivity contribution in [2.24, 2.45) is 11.7 Å². The lowest BCUT2D eigenvalue weighted by atomic mass is 10.1. The first-order valence-corrected chi connectivity index (χ1v) is 6.09. The van der Waals surface area contributed by atoms with Crippen LogP contribution in [0.25, 0.3) is 0 Å². The third-order valence-corrected chi connectivity index (χ3v) is 2.85. The molecule has 0 spiro atoms. The smallest absolute Gasteiger partial charge is 0.119 e. The molecular weight excluding hydrogens is 198 g/mol. The summed E-state index contributed by atoms with van der Waals surface area (Å²) in [6, 6.07) is 8.34. The summed E-state index contributed by atoms with van der Waals surface area (Å²) in [6.45, 7) is 7.19. The second-order valence-corrected chi connectivity index (χ2v) is 4.60. The summed E-state index contributed by atoms with van der Waals surface area (Å²) in [4.78, 5) is 0. The summed E-state index contributed by atoms with van der Waals surface area (Å²) < 4.78 is 5.81. The van der Waals surface area contributed by atoms with Crippen LogP contribution in [0.1, 0.15) is 32.8 Å². The molecule has 0 saturated carbocycles. The molecule has 0 heterocycles. The molecule has 0 fully saturated rings. The van der Waals surface area contributed by atoms with E-state index in [1.54, 1.807) is 0 Å². The molecule has 1 unspecified atom stereocenters. The lowest BCUT2D eigenvalue weighted by Gasteiger charge is -2.18. The number of nitrogens with two attached hydrogens (primary N) is 1. The Labute approximate surface area is 98.8 Å². The molecule has 90 valence electrons. The summed E-state index contributed by atoms with van der Waals surface area (Å²) in [5.74, 6) is 1.50. The first-order valence-electron chi connectivity index (χ1n) is 6.09. The van der Waals surface area contributed by atoms with E-state index in [0.29, 0.717) is 5.92 Å². The minimum Gasteiger partial charge on any atom is -0.490 e. The summed E-state index contributed by atoms with van der Waals surface area (Å²) in [6.07, 6.45) is 2.36. The van der Waals surface area contributed by atoms with Crippen LogP contribution in [0, 0.1) is 5.92 Å². The van der Waals surface area contributed by atoms with Crippen molar-refractivity contribution in [2.75, 3.05) is 6.54 Å². The Balaban J connectivity index is 2.51. The highest BCUT2D eigenvalue weighted by Crippen LogP contribution is 2.17. The standard InChI is InChI=1S/C14H23NO/c1-11(2)12(3)16-14-8-6-13(7-9-14)5-4-10-15/h6-9,11-12H,4-5,10,15H2,1-3H3. The average Bonchev–Trinajstić information content (AvgIpc) is 2.28. The van der Waals surface area contributed by atoms with E-state index in [9.17, 15) is 0 Å². The minimum atomic E-state index is 0.259. The van der Waals surface area contributed by atoms with Crippen LogP contribution in [0.3, 0.4) is 0 Å². The molecule has 2 nitrogen and oxygen atoms in total. The van der Waals surface area contributed by atoms with Crippen molar-refractivity contribution in [1.29, 1.82) is 0 Å². The maximum atomic E-state index is 5.81. The fourth-order valence-corrected chi connectivity index (χ4v) is 1.39. The Bertz CT molecular complexity index is 292. The second-order valence-electron chi connectivity index (χ2n) is 4.60. The Morgan fingerprint density at radius 1 is 1.12 bits per heavy atom. The van der Waals surface area contributed by atoms with Crippen molar-refractivity contribution in [2.45, 2.75) is 39.7 Å². The van der Waals surface area contributed by atoms with Crippen LogP contribution in [0.15, 0.2) is 24.3 Å². The number of rotatable bonds is 6. The molecule has 16 heavy (non-hydrogen) atoms. The number of hydrogen-bond acceptors (Lipinski definition) is 2. The van der Waals surface area contributed by atoms with Crippen molar-refractivity contribution in [3.63, 3.8) is 0 Å². The van der Waals surface area contributed by atoms with Gasteiger partial charge in [-0.05, 0) is 49.9 Å². The summed E-state index contributed by atoms with van der Waals surface area (Å²) in [7, 11) is 0. The third kappa shape index (κ3) is 4.23. The topological polar surface area (TPSA) is 35.2 Å². The fourth-order valence-electron chi connectivity index (χ4n) is 1.39. The molecule has 0 aliphatic heterocycles. The van der Waals surface area contributed by atoms with Crippen LogP contribution in [0.4, 0.5) is 0 Å². The summed E-state index contributed by atoms with van der Waals surface area (Å²) >= 11 is 0. The summed E-state index contributed by atoms with van der Waals surface area (Å²) in [5.41, 5.74) is 6.81. The van der Waals surface area contributed by atoms with Gasteiger partial charge in [0.2, 0.25) is 0 Å².